The number of halogens is 1. The Kier molecular flexibility index (Phi) is 5.92. The van der Waals surface area contributed by atoms with Crippen molar-refractivity contribution in [2.75, 3.05) is 0 Å². The first kappa shape index (κ1) is 23.7. The van der Waals surface area contributed by atoms with Crippen molar-refractivity contribution in [2.24, 2.45) is 0 Å². The SMILES string of the molecule is CCC(=O)[C@@]1(O)[C@@H](C(O)[Si](C)(C)C(C)(C)C)O[C@@H](n2ccc(=O)[nH]c2=O)[C@]1(C)F. The molecule has 164 valence electrons. The van der Waals surface area contributed by atoms with E-state index in [1.54, 1.807) is 0 Å². The zero-order valence-corrected chi connectivity index (χ0v) is 18.9. The average Bonchev–Trinajstić information content (AvgIpc) is 2.80. The van der Waals surface area contributed by atoms with Crippen molar-refractivity contribution in [1.29, 1.82) is 0 Å². The molecule has 1 fully saturated rings. The average molecular weight is 431 g/mol. The fraction of sp³-hybridized carbons (Fsp3) is 0.737. The summed E-state index contributed by atoms with van der Waals surface area (Å²) in [5.41, 5.74) is -8.34. The van der Waals surface area contributed by atoms with E-state index in [1.807, 2.05) is 38.8 Å². The number of Topliss-reactive ketones (excluding diaryl/α,β-unsaturated/α-hetero) is 1. The molecular weight excluding hydrogens is 399 g/mol. The van der Waals surface area contributed by atoms with Crippen LogP contribution in [0.4, 0.5) is 4.39 Å². The first-order valence-corrected chi connectivity index (χ1v) is 12.7. The van der Waals surface area contributed by atoms with Crippen LogP contribution in [-0.4, -0.2) is 56.7 Å². The zero-order chi connectivity index (χ0) is 22.6. The standard InChI is InChI=1S/C19H31FN2O6Si/c1-8-11(23)19(27)13(14(25)29(6,7)17(2,3)4)28-15(18(19,5)20)22-10-9-12(24)21-16(22)26/h9-10,13-15,25,27H,8H2,1-7H3,(H,21,24,26)/t13-,14?,15-,18+,19-/m1/s1. The molecule has 1 aromatic rings. The number of carbonyl (C=O) groups excluding carboxylic acids is 1. The van der Waals surface area contributed by atoms with Gasteiger partial charge in [-0.2, -0.15) is 0 Å². The second-order valence-corrected chi connectivity index (χ2v) is 15.0. The summed E-state index contributed by atoms with van der Waals surface area (Å²) in [7, 11) is -2.63. The number of nitrogens with zero attached hydrogens (tertiary/aromatic N) is 1. The second kappa shape index (κ2) is 7.26. The van der Waals surface area contributed by atoms with Gasteiger partial charge in [0.25, 0.3) is 5.56 Å². The molecule has 0 aliphatic carbocycles. The quantitative estimate of drug-likeness (QED) is 0.605. The van der Waals surface area contributed by atoms with Gasteiger partial charge in [0.15, 0.2) is 23.3 Å². The summed E-state index contributed by atoms with van der Waals surface area (Å²) >= 11 is 0. The molecule has 0 aromatic carbocycles. The third-order valence-electron chi connectivity index (χ3n) is 6.71. The Morgan fingerprint density at radius 2 is 1.97 bits per heavy atom. The highest BCUT2D eigenvalue weighted by Crippen LogP contribution is 2.52. The molecule has 1 saturated heterocycles. The van der Waals surface area contributed by atoms with Crippen LogP contribution < -0.4 is 11.2 Å². The smallest absolute Gasteiger partial charge is 0.330 e. The number of hydrogen-bond acceptors (Lipinski definition) is 6. The molecule has 3 N–H and O–H groups in total. The summed E-state index contributed by atoms with van der Waals surface area (Å²) in [5.74, 6) is -0.828. The molecule has 0 amide bonds. The summed E-state index contributed by atoms with van der Waals surface area (Å²) in [6.07, 6.45) is -2.43. The number of carbonyl (C=O) groups is 1. The monoisotopic (exact) mass is 430 g/mol. The summed E-state index contributed by atoms with van der Waals surface area (Å²) < 4.78 is 22.6. The molecule has 0 spiro atoms. The number of aliphatic hydroxyl groups excluding tert-OH is 1. The molecule has 0 saturated carbocycles. The first-order valence-electron chi connectivity index (χ1n) is 9.63. The highest BCUT2D eigenvalue weighted by Gasteiger charge is 2.72. The molecule has 10 heteroatoms. The van der Waals surface area contributed by atoms with Gasteiger partial charge in [-0.3, -0.25) is 19.1 Å². The number of rotatable bonds is 5. The second-order valence-electron chi connectivity index (χ2n) is 9.46. The zero-order valence-electron chi connectivity index (χ0n) is 17.9. The molecule has 29 heavy (non-hydrogen) atoms. The Balaban J connectivity index is 2.69. The lowest BCUT2D eigenvalue weighted by atomic mass is 9.78. The van der Waals surface area contributed by atoms with E-state index >= 15 is 4.39 Å². The molecule has 2 rings (SSSR count). The molecule has 5 atom stereocenters. The van der Waals surface area contributed by atoms with Crippen molar-refractivity contribution >= 4 is 13.9 Å². The lowest BCUT2D eigenvalue weighted by Gasteiger charge is -2.45. The van der Waals surface area contributed by atoms with Crippen LogP contribution in [0.1, 0.15) is 47.3 Å². The minimum absolute atomic E-state index is 0.187. The van der Waals surface area contributed by atoms with E-state index in [1.165, 1.54) is 6.92 Å². The fourth-order valence-electron chi connectivity index (χ4n) is 3.60. The molecule has 1 aromatic heterocycles. The number of H-pyrrole nitrogens is 1. The molecule has 1 aliphatic heterocycles. The maximum absolute atomic E-state index is 16.1. The van der Waals surface area contributed by atoms with Gasteiger partial charge >= 0.3 is 5.69 Å². The third-order valence-corrected chi connectivity index (χ3v) is 12.4. The van der Waals surface area contributed by atoms with Crippen LogP contribution in [0.25, 0.3) is 0 Å². The molecular formula is C19H31FN2O6Si. The van der Waals surface area contributed by atoms with Gasteiger partial charge in [-0.1, -0.05) is 40.8 Å². The van der Waals surface area contributed by atoms with Gasteiger partial charge in [0.05, 0.1) is 13.8 Å². The van der Waals surface area contributed by atoms with Gasteiger partial charge < -0.3 is 14.9 Å². The van der Waals surface area contributed by atoms with Crippen LogP contribution in [0.5, 0.6) is 0 Å². The van der Waals surface area contributed by atoms with Gasteiger partial charge in [-0.15, -0.1) is 0 Å². The highest BCUT2D eigenvalue weighted by molar-refractivity contribution is 6.81. The molecule has 1 unspecified atom stereocenters. The van der Waals surface area contributed by atoms with Gasteiger partial charge in [0, 0.05) is 18.7 Å². The van der Waals surface area contributed by atoms with Crippen molar-refractivity contribution in [1.82, 2.24) is 9.55 Å². The largest absolute Gasteiger partial charge is 0.394 e. The normalized spacial score (nSPS) is 31.7. The lowest BCUT2D eigenvalue weighted by molar-refractivity contribution is -0.160. The number of hydrogen-bond donors (Lipinski definition) is 3. The number of alkyl halides is 1. The summed E-state index contributed by atoms with van der Waals surface area (Å²) in [5, 5.41) is 22.2. The third kappa shape index (κ3) is 3.45. The maximum Gasteiger partial charge on any atom is 0.330 e. The predicted octanol–water partition coefficient (Wildman–Crippen LogP) is 1.28. The van der Waals surface area contributed by atoms with Crippen molar-refractivity contribution < 1.29 is 24.1 Å². The van der Waals surface area contributed by atoms with Crippen LogP contribution >= 0.6 is 0 Å². The maximum atomic E-state index is 16.1. The van der Waals surface area contributed by atoms with Crippen LogP contribution in [0, 0.1) is 0 Å². The van der Waals surface area contributed by atoms with E-state index in [9.17, 15) is 24.6 Å². The Hall–Kier alpha value is -1.62. The number of aromatic amines is 1. The van der Waals surface area contributed by atoms with E-state index in [0.29, 0.717) is 0 Å². The van der Waals surface area contributed by atoms with Gasteiger partial charge in [0.1, 0.15) is 6.10 Å². The van der Waals surface area contributed by atoms with Crippen LogP contribution in [-0.2, 0) is 9.53 Å². The van der Waals surface area contributed by atoms with E-state index in [0.717, 1.165) is 23.8 Å². The van der Waals surface area contributed by atoms with Crippen LogP contribution in [0.15, 0.2) is 21.9 Å². The van der Waals surface area contributed by atoms with Crippen LogP contribution in [0.2, 0.25) is 18.1 Å². The molecule has 0 bridgehead atoms. The minimum atomic E-state index is -2.74. The molecule has 2 heterocycles. The summed E-state index contributed by atoms with van der Waals surface area (Å²) in [4.78, 5) is 38.4. The molecule has 0 radical (unpaired) electrons. The van der Waals surface area contributed by atoms with Crippen molar-refractivity contribution in [3.8, 4) is 0 Å². The number of aliphatic hydroxyl groups is 2. The van der Waals surface area contributed by atoms with Crippen molar-refractivity contribution in [3.63, 3.8) is 0 Å². The Morgan fingerprint density at radius 3 is 2.41 bits per heavy atom. The van der Waals surface area contributed by atoms with Crippen molar-refractivity contribution in [2.45, 2.75) is 88.5 Å². The Labute approximate surface area is 169 Å². The lowest BCUT2D eigenvalue weighted by Crippen LogP contribution is -2.66. The number of aromatic nitrogens is 2. The van der Waals surface area contributed by atoms with E-state index in [2.05, 4.69) is 0 Å². The highest BCUT2D eigenvalue weighted by atomic mass is 28.3. The van der Waals surface area contributed by atoms with Crippen molar-refractivity contribution in [3.05, 3.63) is 33.1 Å². The predicted molar refractivity (Wildman–Crippen MR) is 108 cm³/mol. The van der Waals surface area contributed by atoms with Gasteiger partial charge in [0.2, 0.25) is 0 Å². The van der Waals surface area contributed by atoms with Gasteiger partial charge in [-0.25, -0.2) is 9.18 Å². The summed E-state index contributed by atoms with van der Waals surface area (Å²) in [6, 6.07) is 1.01. The molecule has 1 aliphatic rings. The number of ketones is 1. The minimum Gasteiger partial charge on any atom is -0.394 e. The number of ether oxygens (including phenoxy) is 1. The van der Waals surface area contributed by atoms with Gasteiger partial charge in [-0.05, 0) is 12.0 Å². The fourth-order valence-corrected chi connectivity index (χ4v) is 5.56. The van der Waals surface area contributed by atoms with E-state index in [-0.39, 0.29) is 11.5 Å². The van der Waals surface area contributed by atoms with E-state index < -0.39 is 54.4 Å². The number of nitrogens with one attached hydrogen (secondary N) is 1. The summed E-state index contributed by atoms with van der Waals surface area (Å²) in [6.45, 7) is 12.0. The van der Waals surface area contributed by atoms with Crippen LogP contribution in [0.3, 0.4) is 0 Å². The Bertz CT molecular complexity index is 903. The molecule has 8 nitrogen and oxygen atoms in total. The first-order chi connectivity index (χ1) is 13.0. The van der Waals surface area contributed by atoms with E-state index in [4.69, 9.17) is 4.74 Å². The Morgan fingerprint density at radius 1 is 1.41 bits per heavy atom. The topological polar surface area (TPSA) is 122 Å².